The van der Waals surface area contributed by atoms with E-state index >= 15 is 0 Å². The number of amides is 1. The lowest BCUT2D eigenvalue weighted by Crippen LogP contribution is -2.41. The maximum absolute atomic E-state index is 12.4. The Morgan fingerprint density at radius 3 is 2.54 bits per heavy atom. The van der Waals surface area contributed by atoms with Gasteiger partial charge in [0.25, 0.3) is 0 Å². The Morgan fingerprint density at radius 1 is 1.08 bits per heavy atom. The van der Waals surface area contributed by atoms with Crippen molar-refractivity contribution < 1.29 is 14.4 Å². The van der Waals surface area contributed by atoms with E-state index in [0.717, 1.165) is 11.1 Å². The molecule has 2 saturated heterocycles. The minimum Gasteiger partial charge on any atom is -0.352 e. The number of hydrogen-bond acceptors (Lipinski definition) is 4. The van der Waals surface area contributed by atoms with Crippen molar-refractivity contribution in [2.24, 2.45) is 0 Å². The fourth-order valence-electron chi connectivity index (χ4n) is 3.38. The SMILES string of the molecule is O=C1C[C@H](NOCc2ccccc2)[C@H]2CO[C@H](c3ccccc3)N12. The summed E-state index contributed by atoms with van der Waals surface area (Å²) in [5.74, 6) is 0.104. The van der Waals surface area contributed by atoms with E-state index in [1.54, 1.807) is 0 Å². The van der Waals surface area contributed by atoms with Gasteiger partial charge in [0.2, 0.25) is 5.91 Å². The summed E-state index contributed by atoms with van der Waals surface area (Å²) >= 11 is 0. The summed E-state index contributed by atoms with van der Waals surface area (Å²) in [5.41, 5.74) is 5.17. The largest absolute Gasteiger partial charge is 0.352 e. The average Bonchev–Trinajstić information content (AvgIpc) is 3.19. The zero-order chi connectivity index (χ0) is 16.4. The molecule has 5 nitrogen and oxygen atoms in total. The zero-order valence-corrected chi connectivity index (χ0v) is 13.3. The van der Waals surface area contributed by atoms with Crippen LogP contribution in [0.5, 0.6) is 0 Å². The number of hydrogen-bond donors (Lipinski definition) is 1. The first-order chi connectivity index (χ1) is 11.8. The van der Waals surface area contributed by atoms with Crippen molar-refractivity contribution in [3.63, 3.8) is 0 Å². The molecule has 2 fully saturated rings. The Hall–Kier alpha value is -2.21. The lowest BCUT2D eigenvalue weighted by Gasteiger charge is -2.23. The summed E-state index contributed by atoms with van der Waals surface area (Å²) in [6, 6.07) is 19.8. The number of rotatable bonds is 5. The van der Waals surface area contributed by atoms with Gasteiger partial charge < -0.3 is 9.64 Å². The Labute approximate surface area is 141 Å². The van der Waals surface area contributed by atoms with E-state index in [0.29, 0.717) is 19.6 Å². The smallest absolute Gasteiger partial charge is 0.227 e. The topological polar surface area (TPSA) is 50.8 Å². The second-order valence-electron chi connectivity index (χ2n) is 6.17. The first-order valence-electron chi connectivity index (χ1n) is 8.22. The summed E-state index contributed by atoms with van der Waals surface area (Å²) in [7, 11) is 0. The minimum absolute atomic E-state index is 0.0125. The van der Waals surface area contributed by atoms with Crippen LogP contribution in [0.3, 0.4) is 0 Å². The van der Waals surface area contributed by atoms with Crippen LogP contribution in [0.25, 0.3) is 0 Å². The van der Waals surface area contributed by atoms with Crippen molar-refractivity contribution in [3.05, 3.63) is 71.8 Å². The third kappa shape index (κ3) is 2.94. The van der Waals surface area contributed by atoms with Crippen LogP contribution in [0.1, 0.15) is 23.8 Å². The second-order valence-corrected chi connectivity index (χ2v) is 6.17. The monoisotopic (exact) mass is 324 g/mol. The van der Waals surface area contributed by atoms with Gasteiger partial charge in [-0.15, -0.1) is 0 Å². The molecule has 2 aromatic rings. The molecule has 4 rings (SSSR count). The van der Waals surface area contributed by atoms with E-state index in [1.165, 1.54) is 0 Å². The van der Waals surface area contributed by atoms with Gasteiger partial charge in [0.05, 0.1) is 25.3 Å². The molecule has 2 aliphatic rings. The van der Waals surface area contributed by atoms with Crippen molar-refractivity contribution in [1.82, 2.24) is 10.4 Å². The second kappa shape index (κ2) is 6.73. The van der Waals surface area contributed by atoms with Gasteiger partial charge in [0.1, 0.15) is 0 Å². The summed E-state index contributed by atoms with van der Waals surface area (Å²) in [6.45, 7) is 0.999. The molecule has 0 aromatic heterocycles. The van der Waals surface area contributed by atoms with Gasteiger partial charge in [-0.25, -0.2) is 0 Å². The minimum atomic E-state index is -0.287. The van der Waals surface area contributed by atoms with Crippen LogP contribution >= 0.6 is 0 Å². The lowest BCUT2D eigenvalue weighted by atomic mass is 10.1. The number of nitrogens with zero attached hydrogens (tertiary/aromatic N) is 1. The predicted octanol–water partition coefficient (Wildman–Crippen LogP) is 2.41. The highest BCUT2D eigenvalue weighted by Gasteiger charge is 2.48. The molecule has 0 aliphatic carbocycles. The maximum Gasteiger partial charge on any atom is 0.227 e. The van der Waals surface area contributed by atoms with Crippen LogP contribution in [-0.2, 0) is 21.0 Å². The van der Waals surface area contributed by atoms with Gasteiger partial charge in [0, 0.05) is 12.0 Å². The number of nitrogens with one attached hydrogen (secondary N) is 1. The molecular formula is C19H20N2O3. The van der Waals surface area contributed by atoms with Crippen LogP contribution < -0.4 is 5.48 Å². The van der Waals surface area contributed by atoms with Gasteiger partial charge in [0.15, 0.2) is 6.23 Å². The van der Waals surface area contributed by atoms with Crippen molar-refractivity contribution in [3.8, 4) is 0 Å². The Bertz CT molecular complexity index is 692. The molecule has 124 valence electrons. The summed E-state index contributed by atoms with van der Waals surface area (Å²) < 4.78 is 5.88. The first kappa shape index (κ1) is 15.3. The number of carbonyl (C=O) groups excluding carboxylic acids is 1. The highest BCUT2D eigenvalue weighted by atomic mass is 16.6. The number of fused-ring (bicyclic) bond motifs is 1. The van der Waals surface area contributed by atoms with Crippen LogP contribution in [0.4, 0.5) is 0 Å². The van der Waals surface area contributed by atoms with Crippen molar-refractivity contribution in [2.45, 2.75) is 31.3 Å². The van der Waals surface area contributed by atoms with Crippen LogP contribution in [0.2, 0.25) is 0 Å². The number of carbonyl (C=O) groups is 1. The van der Waals surface area contributed by atoms with E-state index in [4.69, 9.17) is 9.57 Å². The molecule has 1 N–H and O–H groups in total. The third-order valence-electron chi connectivity index (χ3n) is 4.58. The normalized spacial score (nSPS) is 25.9. The van der Waals surface area contributed by atoms with Gasteiger partial charge in [-0.3, -0.25) is 9.63 Å². The van der Waals surface area contributed by atoms with Crippen molar-refractivity contribution in [2.75, 3.05) is 6.61 Å². The van der Waals surface area contributed by atoms with Crippen LogP contribution in [0, 0.1) is 0 Å². The molecule has 0 radical (unpaired) electrons. The van der Waals surface area contributed by atoms with Gasteiger partial charge in [-0.05, 0) is 5.56 Å². The quantitative estimate of drug-likeness (QED) is 0.858. The zero-order valence-electron chi connectivity index (χ0n) is 13.3. The molecular weight excluding hydrogens is 304 g/mol. The molecule has 0 bridgehead atoms. The van der Waals surface area contributed by atoms with E-state index in [2.05, 4.69) is 5.48 Å². The van der Waals surface area contributed by atoms with E-state index in [1.807, 2.05) is 65.6 Å². The van der Waals surface area contributed by atoms with Gasteiger partial charge in [-0.2, -0.15) is 5.48 Å². The predicted molar refractivity (Wildman–Crippen MR) is 88.5 cm³/mol. The van der Waals surface area contributed by atoms with E-state index in [9.17, 15) is 4.79 Å². The van der Waals surface area contributed by atoms with Crippen molar-refractivity contribution >= 4 is 5.91 Å². The van der Waals surface area contributed by atoms with Crippen molar-refractivity contribution in [1.29, 1.82) is 0 Å². The Morgan fingerprint density at radius 2 is 1.79 bits per heavy atom. The van der Waals surface area contributed by atoms with E-state index < -0.39 is 0 Å². The first-order valence-corrected chi connectivity index (χ1v) is 8.22. The summed E-state index contributed by atoms with van der Waals surface area (Å²) in [5, 5.41) is 0. The molecule has 2 heterocycles. The molecule has 5 heteroatoms. The molecule has 3 atom stereocenters. The third-order valence-corrected chi connectivity index (χ3v) is 4.58. The molecule has 2 aliphatic heterocycles. The number of ether oxygens (including phenoxy) is 1. The molecule has 2 aromatic carbocycles. The Balaban J connectivity index is 1.39. The Kier molecular flexibility index (Phi) is 4.30. The number of hydroxylamine groups is 1. The maximum atomic E-state index is 12.4. The van der Waals surface area contributed by atoms with Gasteiger partial charge >= 0.3 is 0 Å². The fourth-order valence-corrected chi connectivity index (χ4v) is 3.38. The lowest BCUT2D eigenvalue weighted by molar-refractivity contribution is -0.134. The molecule has 0 unspecified atom stereocenters. The fraction of sp³-hybridized carbons (Fsp3) is 0.316. The standard InChI is InChI=1S/C19H20N2O3/c22-18-11-16(20-24-12-14-7-3-1-4-8-14)17-13-23-19(21(17)18)15-9-5-2-6-10-15/h1-10,16-17,19-20H,11-13H2/t16-,17+,19+/m0/s1. The average molecular weight is 324 g/mol. The van der Waals surface area contributed by atoms with Crippen LogP contribution in [-0.4, -0.2) is 29.5 Å². The van der Waals surface area contributed by atoms with Gasteiger partial charge in [-0.1, -0.05) is 60.7 Å². The molecule has 0 spiro atoms. The molecule has 1 amide bonds. The van der Waals surface area contributed by atoms with E-state index in [-0.39, 0.29) is 24.2 Å². The molecule has 0 saturated carbocycles. The highest BCUT2D eigenvalue weighted by Crippen LogP contribution is 2.37. The summed E-state index contributed by atoms with van der Waals surface area (Å²) in [6.07, 6.45) is 0.149. The highest BCUT2D eigenvalue weighted by molar-refractivity contribution is 5.80. The van der Waals surface area contributed by atoms with Crippen LogP contribution in [0.15, 0.2) is 60.7 Å². The summed E-state index contributed by atoms with van der Waals surface area (Å²) in [4.78, 5) is 19.9. The number of benzene rings is 2. The molecule has 24 heavy (non-hydrogen) atoms.